The van der Waals surface area contributed by atoms with Crippen LogP contribution in [0, 0.1) is 0 Å². The van der Waals surface area contributed by atoms with E-state index in [9.17, 15) is 5.11 Å². The summed E-state index contributed by atoms with van der Waals surface area (Å²) < 4.78 is 10.8. The summed E-state index contributed by atoms with van der Waals surface area (Å²) in [7, 11) is 1.61. The maximum atomic E-state index is 10.00. The molecule has 1 fully saturated rings. The van der Waals surface area contributed by atoms with Crippen LogP contribution in [0.4, 0.5) is 0 Å². The molecule has 0 aliphatic heterocycles. The van der Waals surface area contributed by atoms with E-state index >= 15 is 0 Å². The number of methoxy groups -OCH3 is 1. The van der Waals surface area contributed by atoms with Gasteiger partial charge in [-0.15, -0.1) is 0 Å². The molecule has 1 aromatic rings. The van der Waals surface area contributed by atoms with E-state index in [0.29, 0.717) is 18.5 Å². The number of benzene rings is 1. The van der Waals surface area contributed by atoms with E-state index in [1.54, 1.807) is 7.11 Å². The van der Waals surface area contributed by atoms with Gasteiger partial charge in [0.25, 0.3) is 0 Å². The van der Waals surface area contributed by atoms with E-state index < -0.39 is 6.10 Å². The van der Waals surface area contributed by atoms with Gasteiger partial charge >= 0.3 is 0 Å². The van der Waals surface area contributed by atoms with Gasteiger partial charge in [-0.3, -0.25) is 0 Å². The maximum Gasteiger partial charge on any atom is 0.124 e. The molecule has 1 saturated carbocycles. The number of rotatable bonds is 5. The largest absolute Gasteiger partial charge is 0.496 e. The minimum atomic E-state index is -0.600. The SMILES string of the molecule is COc1ccccc1C(O)COC1CCC1. The normalized spacial score (nSPS) is 17.9. The minimum absolute atomic E-state index is 0.351. The van der Waals surface area contributed by atoms with Gasteiger partial charge in [-0.2, -0.15) is 0 Å². The van der Waals surface area contributed by atoms with Crippen LogP contribution in [0.15, 0.2) is 24.3 Å². The molecular weight excluding hydrogens is 204 g/mol. The average molecular weight is 222 g/mol. The van der Waals surface area contributed by atoms with Crippen LogP contribution < -0.4 is 4.74 Å². The third-order valence-corrected chi connectivity index (χ3v) is 3.04. The lowest BCUT2D eigenvalue weighted by molar-refractivity contribution is -0.0431. The number of aliphatic hydroxyl groups is 1. The van der Waals surface area contributed by atoms with Crippen LogP contribution in [0.25, 0.3) is 0 Å². The maximum absolute atomic E-state index is 10.00. The Bertz CT molecular complexity index is 334. The van der Waals surface area contributed by atoms with Crippen molar-refractivity contribution in [2.24, 2.45) is 0 Å². The fourth-order valence-electron chi connectivity index (χ4n) is 1.80. The first-order valence-corrected chi connectivity index (χ1v) is 5.74. The molecule has 1 unspecified atom stereocenters. The monoisotopic (exact) mass is 222 g/mol. The van der Waals surface area contributed by atoms with Crippen molar-refractivity contribution in [3.63, 3.8) is 0 Å². The summed E-state index contributed by atoms with van der Waals surface area (Å²) in [6.07, 6.45) is 3.24. The zero-order valence-electron chi connectivity index (χ0n) is 9.56. The molecule has 0 heterocycles. The lowest BCUT2D eigenvalue weighted by Gasteiger charge is -2.27. The van der Waals surface area contributed by atoms with Gasteiger partial charge in [0.15, 0.2) is 0 Å². The lowest BCUT2D eigenvalue weighted by atomic mass is 9.96. The van der Waals surface area contributed by atoms with E-state index in [2.05, 4.69) is 0 Å². The Morgan fingerprint density at radius 3 is 2.75 bits per heavy atom. The molecule has 1 aromatic carbocycles. The first kappa shape index (κ1) is 11.4. The number of para-hydroxylation sites is 1. The Balaban J connectivity index is 1.93. The van der Waals surface area contributed by atoms with Gasteiger partial charge in [0.05, 0.1) is 19.8 Å². The highest BCUT2D eigenvalue weighted by Gasteiger charge is 2.20. The standard InChI is InChI=1S/C13H18O3/c1-15-13-8-3-2-7-11(13)12(14)9-16-10-5-4-6-10/h2-3,7-8,10,12,14H,4-6,9H2,1H3. The molecule has 0 aromatic heterocycles. The molecule has 0 amide bonds. The quantitative estimate of drug-likeness (QED) is 0.830. The van der Waals surface area contributed by atoms with Crippen molar-refractivity contribution in [2.75, 3.05) is 13.7 Å². The summed E-state index contributed by atoms with van der Waals surface area (Å²) in [5.41, 5.74) is 0.796. The third kappa shape index (κ3) is 2.54. The summed E-state index contributed by atoms with van der Waals surface area (Å²) in [6.45, 7) is 0.352. The summed E-state index contributed by atoms with van der Waals surface area (Å²) in [6, 6.07) is 7.50. The van der Waals surface area contributed by atoms with Gasteiger partial charge in [-0.05, 0) is 25.3 Å². The molecule has 0 bridgehead atoms. The van der Waals surface area contributed by atoms with Gasteiger partial charge in [0, 0.05) is 5.56 Å². The van der Waals surface area contributed by atoms with Crippen LogP contribution in [0.1, 0.15) is 30.9 Å². The van der Waals surface area contributed by atoms with Gasteiger partial charge in [-0.25, -0.2) is 0 Å². The van der Waals surface area contributed by atoms with Crippen molar-refractivity contribution in [3.05, 3.63) is 29.8 Å². The Kier molecular flexibility index (Phi) is 3.80. The Labute approximate surface area is 96.0 Å². The Morgan fingerprint density at radius 1 is 1.38 bits per heavy atom. The molecule has 2 rings (SSSR count). The smallest absolute Gasteiger partial charge is 0.124 e. The van der Waals surface area contributed by atoms with Crippen LogP contribution in [-0.2, 0) is 4.74 Å². The number of aliphatic hydroxyl groups excluding tert-OH is 1. The molecule has 0 spiro atoms. The van der Waals surface area contributed by atoms with Crippen molar-refractivity contribution in [2.45, 2.75) is 31.5 Å². The van der Waals surface area contributed by atoms with E-state index in [1.807, 2.05) is 24.3 Å². The second-order valence-electron chi connectivity index (χ2n) is 4.14. The summed E-state index contributed by atoms with van der Waals surface area (Å²) >= 11 is 0. The Hall–Kier alpha value is -1.06. The predicted molar refractivity (Wildman–Crippen MR) is 61.5 cm³/mol. The molecule has 1 atom stereocenters. The fraction of sp³-hybridized carbons (Fsp3) is 0.538. The highest BCUT2D eigenvalue weighted by Crippen LogP contribution is 2.27. The zero-order chi connectivity index (χ0) is 11.4. The van der Waals surface area contributed by atoms with Crippen molar-refractivity contribution in [3.8, 4) is 5.75 Å². The number of ether oxygens (including phenoxy) is 2. The first-order valence-electron chi connectivity index (χ1n) is 5.74. The van der Waals surface area contributed by atoms with Crippen molar-refractivity contribution < 1.29 is 14.6 Å². The third-order valence-electron chi connectivity index (χ3n) is 3.04. The summed E-state index contributed by atoms with van der Waals surface area (Å²) in [5.74, 6) is 0.715. The summed E-state index contributed by atoms with van der Waals surface area (Å²) in [5, 5.41) is 10.00. The molecule has 1 N–H and O–H groups in total. The molecule has 0 radical (unpaired) electrons. The molecule has 1 aliphatic rings. The molecule has 88 valence electrons. The second kappa shape index (κ2) is 5.32. The van der Waals surface area contributed by atoms with E-state index in [-0.39, 0.29) is 0 Å². The number of hydrogen-bond donors (Lipinski definition) is 1. The topological polar surface area (TPSA) is 38.7 Å². The van der Waals surface area contributed by atoms with Crippen LogP contribution in [0.2, 0.25) is 0 Å². The van der Waals surface area contributed by atoms with Gasteiger partial charge < -0.3 is 14.6 Å². The van der Waals surface area contributed by atoms with Crippen molar-refractivity contribution >= 4 is 0 Å². The number of hydrogen-bond acceptors (Lipinski definition) is 3. The van der Waals surface area contributed by atoms with Gasteiger partial charge in [0.2, 0.25) is 0 Å². The molecule has 16 heavy (non-hydrogen) atoms. The highest BCUT2D eigenvalue weighted by molar-refractivity contribution is 5.34. The molecule has 3 nitrogen and oxygen atoms in total. The van der Waals surface area contributed by atoms with E-state index in [1.165, 1.54) is 6.42 Å². The predicted octanol–water partition coefficient (Wildman–Crippen LogP) is 2.30. The Morgan fingerprint density at radius 2 is 2.12 bits per heavy atom. The van der Waals surface area contributed by atoms with Crippen LogP contribution in [0.5, 0.6) is 5.75 Å². The van der Waals surface area contributed by atoms with Gasteiger partial charge in [-0.1, -0.05) is 18.2 Å². The second-order valence-corrected chi connectivity index (χ2v) is 4.14. The van der Waals surface area contributed by atoms with E-state index in [4.69, 9.17) is 9.47 Å². The van der Waals surface area contributed by atoms with Crippen molar-refractivity contribution in [1.29, 1.82) is 0 Å². The first-order chi connectivity index (χ1) is 7.81. The molecular formula is C13H18O3. The van der Waals surface area contributed by atoms with Crippen LogP contribution in [-0.4, -0.2) is 24.9 Å². The highest BCUT2D eigenvalue weighted by atomic mass is 16.5. The summed E-state index contributed by atoms with van der Waals surface area (Å²) in [4.78, 5) is 0. The zero-order valence-corrected chi connectivity index (χ0v) is 9.56. The molecule has 1 aliphatic carbocycles. The van der Waals surface area contributed by atoms with Crippen LogP contribution in [0.3, 0.4) is 0 Å². The lowest BCUT2D eigenvalue weighted by Crippen LogP contribution is -2.24. The molecule has 0 saturated heterocycles. The van der Waals surface area contributed by atoms with Crippen LogP contribution >= 0.6 is 0 Å². The van der Waals surface area contributed by atoms with Gasteiger partial charge in [0.1, 0.15) is 11.9 Å². The average Bonchev–Trinajstić information content (AvgIpc) is 2.26. The molecule has 3 heteroatoms. The van der Waals surface area contributed by atoms with E-state index in [0.717, 1.165) is 18.4 Å². The van der Waals surface area contributed by atoms with Crippen molar-refractivity contribution in [1.82, 2.24) is 0 Å². The minimum Gasteiger partial charge on any atom is -0.496 e. The fourth-order valence-corrected chi connectivity index (χ4v) is 1.80.